The van der Waals surface area contributed by atoms with E-state index in [1.54, 1.807) is 43.3 Å². The summed E-state index contributed by atoms with van der Waals surface area (Å²) in [5, 5.41) is 2.85. The van der Waals surface area contributed by atoms with Gasteiger partial charge in [0.05, 0.1) is 17.2 Å². The normalized spacial score (nSPS) is 11.9. The highest BCUT2D eigenvalue weighted by atomic mass is 79.9. The minimum Gasteiger partial charge on any atom is -0.494 e. The number of nitrogens with zero attached hydrogens (tertiary/aromatic N) is 2. The molecule has 3 rings (SSSR count). The summed E-state index contributed by atoms with van der Waals surface area (Å²) in [4.78, 5) is 28.4. The molecule has 0 bridgehead atoms. The van der Waals surface area contributed by atoms with Crippen LogP contribution < -0.4 is 14.4 Å². The Bertz CT molecular complexity index is 1400. The van der Waals surface area contributed by atoms with Gasteiger partial charge in [-0.25, -0.2) is 8.42 Å². The molecule has 0 fully saturated rings. The Kier molecular flexibility index (Phi) is 11.2. The number of carbonyl (C=O) groups is 2. The number of sulfonamides is 1. The molecule has 0 spiro atoms. The fraction of sp³-hybridized carbons (Fsp3) is 0.333. The minimum atomic E-state index is -4.14. The quantitative estimate of drug-likeness (QED) is 0.277. The van der Waals surface area contributed by atoms with E-state index in [9.17, 15) is 18.0 Å². The van der Waals surface area contributed by atoms with Gasteiger partial charge in [-0.3, -0.25) is 13.9 Å². The van der Waals surface area contributed by atoms with Gasteiger partial charge in [-0.2, -0.15) is 0 Å². The third kappa shape index (κ3) is 7.85. The third-order valence-electron chi connectivity index (χ3n) is 6.43. The zero-order chi connectivity index (χ0) is 29.3. The van der Waals surface area contributed by atoms with Gasteiger partial charge in [0.15, 0.2) is 0 Å². The highest BCUT2D eigenvalue weighted by Gasteiger charge is 2.32. The van der Waals surface area contributed by atoms with Gasteiger partial charge in [-0.05, 0) is 86.8 Å². The maximum atomic E-state index is 14.0. The van der Waals surface area contributed by atoms with E-state index in [0.717, 1.165) is 26.3 Å². The largest absolute Gasteiger partial charge is 0.494 e. The van der Waals surface area contributed by atoms with Gasteiger partial charge in [-0.1, -0.05) is 47.1 Å². The van der Waals surface area contributed by atoms with Crippen molar-refractivity contribution in [2.75, 3.05) is 24.0 Å². The Morgan fingerprint density at radius 1 is 0.975 bits per heavy atom. The minimum absolute atomic E-state index is 0.0385. The average molecular weight is 631 g/mol. The molecule has 214 valence electrons. The van der Waals surface area contributed by atoms with Gasteiger partial charge in [0, 0.05) is 17.6 Å². The van der Waals surface area contributed by atoms with Crippen LogP contribution in [0.25, 0.3) is 0 Å². The number of aryl methyl sites for hydroxylation is 1. The molecule has 1 N–H and O–H groups in total. The van der Waals surface area contributed by atoms with E-state index < -0.39 is 28.5 Å². The number of carbonyl (C=O) groups excluding carboxylic acids is 2. The van der Waals surface area contributed by atoms with E-state index in [4.69, 9.17) is 4.74 Å². The summed E-state index contributed by atoms with van der Waals surface area (Å²) in [5.41, 5.74) is 2.14. The highest BCUT2D eigenvalue weighted by Crippen LogP contribution is 2.27. The van der Waals surface area contributed by atoms with Gasteiger partial charge in [0.25, 0.3) is 10.0 Å². The lowest BCUT2D eigenvalue weighted by Gasteiger charge is -2.32. The predicted octanol–water partition coefficient (Wildman–Crippen LogP) is 5.30. The molecular weight excluding hydrogens is 594 g/mol. The number of halogens is 1. The number of ether oxygens (including phenoxy) is 1. The summed E-state index contributed by atoms with van der Waals surface area (Å²) in [7, 11) is -4.14. The first-order valence-electron chi connectivity index (χ1n) is 13.2. The molecule has 40 heavy (non-hydrogen) atoms. The van der Waals surface area contributed by atoms with Crippen molar-refractivity contribution in [3.8, 4) is 5.75 Å². The molecule has 0 saturated heterocycles. The van der Waals surface area contributed by atoms with Gasteiger partial charge in [-0.15, -0.1) is 0 Å². The Labute approximate surface area is 245 Å². The Balaban J connectivity index is 2.03. The van der Waals surface area contributed by atoms with E-state index in [2.05, 4.69) is 21.2 Å². The van der Waals surface area contributed by atoms with Crippen molar-refractivity contribution in [2.24, 2.45) is 0 Å². The van der Waals surface area contributed by atoms with Crippen LogP contribution in [0.5, 0.6) is 5.75 Å². The second kappa shape index (κ2) is 14.3. The standard InChI is InChI=1S/C30H36BrN3O5S/c1-5-19-32-30(36)23(4)33(20-24-10-8-7-9-22(24)3)29(35)21-34(26-13-15-27(16-14-26)39-6-2)40(37,38)28-17-11-25(31)12-18-28/h7-18,23H,5-6,19-21H2,1-4H3,(H,32,36). The predicted molar refractivity (Wildman–Crippen MR) is 161 cm³/mol. The second-order valence-electron chi connectivity index (χ2n) is 9.31. The molecule has 0 radical (unpaired) electrons. The van der Waals surface area contributed by atoms with Crippen molar-refractivity contribution in [1.82, 2.24) is 10.2 Å². The first-order chi connectivity index (χ1) is 19.1. The monoisotopic (exact) mass is 629 g/mol. The molecule has 0 aliphatic rings. The van der Waals surface area contributed by atoms with Crippen LogP contribution in [0.15, 0.2) is 82.2 Å². The molecule has 3 aromatic carbocycles. The molecular formula is C30H36BrN3O5S. The van der Waals surface area contributed by atoms with E-state index >= 15 is 0 Å². The fourth-order valence-corrected chi connectivity index (χ4v) is 5.77. The summed E-state index contributed by atoms with van der Waals surface area (Å²) < 4.78 is 35.1. The molecule has 0 heterocycles. The van der Waals surface area contributed by atoms with Crippen molar-refractivity contribution in [1.29, 1.82) is 0 Å². The number of hydrogen-bond donors (Lipinski definition) is 1. The maximum absolute atomic E-state index is 14.0. The molecule has 0 aliphatic carbocycles. The van der Waals surface area contributed by atoms with Crippen LogP contribution in [0.2, 0.25) is 0 Å². The number of nitrogens with one attached hydrogen (secondary N) is 1. The smallest absolute Gasteiger partial charge is 0.264 e. The zero-order valence-corrected chi connectivity index (χ0v) is 25.7. The van der Waals surface area contributed by atoms with E-state index in [1.807, 2.05) is 45.0 Å². The number of rotatable bonds is 13. The molecule has 0 aliphatic heterocycles. The zero-order valence-electron chi connectivity index (χ0n) is 23.3. The van der Waals surface area contributed by atoms with Gasteiger partial charge in [0.1, 0.15) is 18.3 Å². The van der Waals surface area contributed by atoms with E-state index in [-0.39, 0.29) is 17.3 Å². The topological polar surface area (TPSA) is 96.0 Å². The summed E-state index contributed by atoms with van der Waals surface area (Å²) >= 11 is 3.34. The van der Waals surface area contributed by atoms with Crippen LogP contribution in [0.3, 0.4) is 0 Å². The van der Waals surface area contributed by atoms with Crippen LogP contribution in [-0.4, -0.2) is 50.9 Å². The van der Waals surface area contributed by atoms with Gasteiger partial charge >= 0.3 is 0 Å². The van der Waals surface area contributed by atoms with Crippen LogP contribution in [0.1, 0.15) is 38.3 Å². The summed E-state index contributed by atoms with van der Waals surface area (Å²) in [6.07, 6.45) is 0.751. The molecule has 3 aromatic rings. The van der Waals surface area contributed by atoms with Crippen LogP contribution in [0, 0.1) is 6.92 Å². The van der Waals surface area contributed by atoms with Gasteiger partial charge < -0.3 is 15.0 Å². The number of benzene rings is 3. The van der Waals surface area contributed by atoms with Crippen molar-refractivity contribution < 1.29 is 22.7 Å². The Hall–Kier alpha value is -3.37. The lowest BCUT2D eigenvalue weighted by atomic mass is 10.1. The Morgan fingerprint density at radius 3 is 2.23 bits per heavy atom. The first kappa shape index (κ1) is 31.2. The Morgan fingerprint density at radius 2 is 1.62 bits per heavy atom. The summed E-state index contributed by atoms with van der Waals surface area (Å²) in [6.45, 7) is 8.00. The lowest BCUT2D eigenvalue weighted by Crippen LogP contribution is -2.51. The number of anilines is 1. The number of hydrogen-bond acceptors (Lipinski definition) is 5. The van der Waals surface area contributed by atoms with Crippen LogP contribution in [-0.2, 0) is 26.2 Å². The van der Waals surface area contributed by atoms with Crippen molar-refractivity contribution in [2.45, 2.75) is 51.6 Å². The summed E-state index contributed by atoms with van der Waals surface area (Å²) in [5.74, 6) is -0.217. The van der Waals surface area contributed by atoms with E-state index in [0.29, 0.717) is 24.6 Å². The van der Waals surface area contributed by atoms with Crippen molar-refractivity contribution in [3.63, 3.8) is 0 Å². The van der Waals surface area contributed by atoms with Crippen molar-refractivity contribution in [3.05, 3.63) is 88.4 Å². The van der Waals surface area contributed by atoms with Crippen molar-refractivity contribution >= 4 is 43.5 Å². The van der Waals surface area contributed by atoms with E-state index in [1.165, 1.54) is 17.0 Å². The molecule has 2 amide bonds. The average Bonchev–Trinajstić information content (AvgIpc) is 2.94. The fourth-order valence-electron chi connectivity index (χ4n) is 4.09. The van der Waals surface area contributed by atoms with Crippen LogP contribution in [0.4, 0.5) is 5.69 Å². The highest BCUT2D eigenvalue weighted by molar-refractivity contribution is 9.10. The first-order valence-corrected chi connectivity index (χ1v) is 15.4. The summed E-state index contributed by atoms with van der Waals surface area (Å²) in [6, 6.07) is 19.6. The number of amides is 2. The lowest BCUT2D eigenvalue weighted by molar-refractivity contribution is -0.139. The molecule has 0 saturated carbocycles. The molecule has 10 heteroatoms. The molecule has 0 aromatic heterocycles. The molecule has 1 atom stereocenters. The van der Waals surface area contributed by atoms with Crippen LogP contribution >= 0.6 is 15.9 Å². The molecule has 1 unspecified atom stereocenters. The SMILES string of the molecule is CCCNC(=O)C(C)N(Cc1ccccc1C)C(=O)CN(c1ccc(OCC)cc1)S(=O)(=O)c1ccc(Br)cc1. The maximum Gasteiger partial charge on any atom is 0.264 e. The second-order valence-corrected chi connectivity index (χ2v) is 12.1. The van der Waals surface area contributed by atoms with Gasteiger partial charge in [0.2, 0.25) is 11.8 Å². The molecule has 8 nitrogen and oxygen atoms in total. The third-order valence-corrected chi connectivity index (χ3v) is 8.75.